The third-order valence-corrected chi connectivity index (χ3v) is 4.40. The highest BCUT2D eigenvalue weighted by molar-refractivity contribution is 6.20. The summed E-state index contributed by atoms with van der Waals surface area (Å²) in [6.07, 6.45) is 1.78. The molecule has 1 aliphatic heterocycles. The molecule has 0 atom stereocenters. The molecule has 1 N–H and O–H groups in total. The lowest BCUT2D eigenvalue weighted by Crippen LogP contribution is -2.24. The van der Waals surface area contributed by atoms with Crippen LogP contribution in [0.25, 0.3) is 6.08 Å². The van der Waals surface area contributed by atoms with Crippen molar-refractivity contribution in [2.45, 2.75) is 26.2 Å². The highest BCUT2D eigenvalue weighted by Gasteiger charge is 2.22. The van der Waals surface area contributed by atoms with Crippen molar-refractivity contribution in [1.29, 1.82) is 0 Å². The average Bonchev–Trinajstić information content (AvgIpc) is 3.01. The number of carbonyl (C=O) groups excluding carboxylic acids is 1. The molecule has 0 aromatic heterocycles. The van der Waals surface area contributed by atoms with E-state index in [1.807, 2.05) is 24.3 Å². The highest BCUT2D eigenvalue weighted by atomic mass is 16.5. The molecule has 0 bridgehead atoms. The summed E-state index contributed by atoms with van der Waals surface area (Å²) in [5, 5.41) is 2.81. The van der Waals surface area contributed by atoms with Gasteiger partial charge in [0, 0.05) is 11.6 Å². The summed E-state index contributed by atoms with van der Waals surface area (Å²) in [5.41, 5.74) is 3.36. The number of hydrogen-bond donors (Lipinski definition) is 1. The zero-order valence-electron chi connectivity index (χ0n) is 16.3. The summed E-state index contributed by atoms with van der Waals surface area (Å²) >= 11 is 0. The van der Waals surface area contributed by atoms with Gasteiger partial charge in [-0.3, -0.25) is 4.79 Å². The number of nitrogens with zero attached hydrogens (tertiary/aromatic N) is 1. The van der Waals surface area contributed by atoms with Crippen LogP contribution in [0.3, 0.4) is 0 Å². The van der Waals surface area contributed by atoms with E-state index in [9.17, 15) is 4.79 Å². The van der Waals surface area contributed by atoms with E-state index < -0.39 is 0 Å². The largest absolute Gasteiger partial charge is 0.497 e. The number of nitrogens with one attached hydrogen (secondary N) is 1. The molecular formula is C22H24N2O3. The van der Waals surface area contributed by atoms with E-state index in [1.54, 1.807) is 26.4 Å². The number of aliphatic imine (C=N–C) groups is 1. The van der Waals surface area contributed by atoms with E-state index in [0.717, 1.165) is 11.1 Å². The van der Waals surface area contributed by atoms with Crippen LogP contribution in [0.15, 0.2) is 53.2 Å². The van der Waals surface area contributed by atoms with Crippen LogP contribution in [0.1, 0.15) is 37.5 Å². The summed E-state index contributed by atoms with van der Waals surface area (Å²) in [6.45, 7) is 6.51. The second-order valence-corrected chi connectivity index (χ2v) is 7.42. The third kappa shape index (κ3) is 4.19. The summed E-state index contributed by atoms with van der Waals surface area (Å²) in [7, 11) is 3.17. The molecule has 0 radical (unpaired) electrons. The molecule has 27 heavy (non-hydrogen) atoms. The maximum Gasteiger partial charge on any atom is 0.275 e. The standard InChI is InChI=1S/C22H24N2O3/c1-22(2,3)16-8-6-14(7-9-16)10-19-21(25)24-20(23-19)15-11-17(26-4)13-18(12-15)27-5/h6-13H,1-5H3,(H,23,24,25)/b19-10+. The first-order valence-corrected chi connectivity index (χ1v) is 8.76. The summed E-state index contributed by atoms with van der Waals surface area (Å²) < 4.78 is 10.6. The summed E-state index contributed by atoms with van der Waals surface area (Å²) in [6, 6.07) is 13.6. The van der Waals surface area contributed by atoms with Crippen LogP contribution < -0.4 is 14.8 Å². The Kier molecular flexibility index (Phi) is 5.04. The van der Waals surface area contributed by atoms with E-state index in [2.05, 4.69) is 43.2 Å². The summed E-state index contributed by atoms with van der Waals surface area (Å²) in [4.78, 5) is 16.8. The molecule has 5 nitrogen and oxygen atoms in total. The monoisotopic (exact) mass is 364 g/mol. The Morgan fingerprint density at radius 2 is 1.56 bits per heavy atom. The molecule has 1 amide bonds. The van der Waals surface area contributed by atoms with Crippen LogP contribution in [-0.2, 0) is 10.2 Å². The second-order valence-electron chi connectivity index (χ2n) is 7.42. The molecule has 2 aromatic carbocycles. The molecule has 1 heterocycles. The van der Waals surface area contributed by atoms with Crippen molar-refractivity contribution in [2.24, 2.45) is 4.99 Å². The van der Waals surface area contributed by atoms with Gasteiger partial charge in [-0.2, -0.15) is 0 Å². The first-order valence-electron chi connectivity index (χ1n) is 8.76. The van der Waals surface area contributed by atoms with Crippen molar-refractivity contribution >= 4 is 17.8 Å². The number of methoxy groups -OCH3 is 2. The Morgan fingerprint density at radius 1 is 0.963 bits per heavy atom. The SMILES string of the molecule is COc1cc(OC)cc(C2=N/C(=C/c3ccc(C(C)(C)C)cc3)C(=O)N2)c1. The fourth-order valence-corrected chi connectivity index (χ4v) is 2.79. The Hall–Kier alpha value is -3.08. The Balaban J connectivity index is 1.91. The molecule has 140 valence electrons. The van der Waals surface area contributed by atoms with Crippen molar-refractivity contribution in [3.8, 4) is 11.5 Å². The molecule has 2 aromatic rings. The van der Waals surface area contributed by atoms with Gasteiger partial charge in [-0.1, -0.05) is 45.0 Å². The molecule has 0 aliphatic carbocycles. The molecule has 0 saturated heterocycles. The number of hydrogen-bond acceptors (Lipinski definition) is 4. The van der Waals surface area contributed by atoms with E-state index in [0.29, 0.717) is 23.0 Å². The van der Waals surface area contributed by atoms with E-state index >= 15 is 0 Å². The average molecular weight is 364 g/mol. The molecule has 0 spiro atoms. The minimum absolute atomic E-state index is 0.0904. The van der Waals surface area contributed by atoms with Crippen LogP contribution >= 0.6 is 0 Å². The van der Waals surface area contributed by atoms with Crippen LogP contribution in [0.2, 0.25) is 0 Å². The van der Waals surface area contributed by atoms with Gasteiger partial charge in [-0.05, 0) is 34.8 Å². The van der Waals surface area contributed by atoms with E-state index in [4.69, 9.17) is 9.47 Å². The van der Waals surface area contributed by atoms with Gasteiger partial charge in [-0.15, -0.1) is 0 Å². The van der Waals surface area contributed by atoms with Gasteiger partial charge in [-0.25, -0.2) is 4.99 Å². The van der Waals surface area contributed by atoms with Crippen molar-refractivity contribution in [1.82, 2.24) is 5.32 Å². The Morgan fingerprint density at radius 3 is 2.07 bits per heavy atom. The first-order chi connectivity index (χ1) is 12.8. The topological polar surface area (TPSA) is 59.9 Å². The number of amides is 1. The van der Waals surface area contributed by atoms with Gasteiger partial charge in [0.15, 0.2) is 0 Å². The number of ether oxygens (including phenoxy) is 2. The maximum absolute atomic E-state index is 12.3. The third-order valence-electron chi connectivity index (χ3n) is 4.40. The lowest BCUT2D eigenvalue weighted by Gasteiger charge is -2.18. The number of amidine groups is 1. The lowest BCUT2D eigenvalue weighted by molar-refractivity contribution is -0.115. The normalized spacial score (nSPS) is 15.5. The quantitative estimate of drug-likeness (QED) is 0.837. The lowest BCUT2D eigenvalue weighted by atomic mass is 9.87. The Bertz CT molecular complexity index is 897. The van der Waals surface area contributed by atoms with Gasteiger partial charge in [0.05, 0.1) is 14.2 Å². The second kappa shape index (κ2) is 7.27. The highest BCUT2D eigenvalue weighted by Crippen LogP contribution is 2.25. The zero-order chi connectivity index (χ0) is 19.6. The predicted octanol–water partition coefficient (Wildman–Crippen LogP) is 3.92. The Labute approximate surface area is 159 Å². The van der Waals surface area contributed by atoms with Crippen molar-refractivity contribution in [2.75, 3.05) is 14.2 Å². The van der Waals surface area contributed by atoms with Gasteiger partial charge in [0.2, 0.25) is 0 Å². The minimum atomic E-state index is -0.230. The van der Waals surface area contributed by atoms with Gasteiger partial charge in [0.1, 0.15) is 23.0 Å². The van der Waals surface area contributed by atoms with Crippen LogP contribution in [0.5, 0.6) is 11.5 Å². The smallest absolute Gasteiger partial charge is 0.275 e. The van der Waals surface area contributed by atoms with Crippen LogP contribution in [0.4, 0.5) is 0 Å². The molecule has 0 unspecified atom stereocenters. The number of carbonyl (C=O) groups is 1. The number of rotatable bonds is 4. The maximum atomic E-state index is 12.3. The molecule has 0 saturated carbocycles. The molecule has 0 fully saturated rings. The first kappa shape index (κ1) is 18.7. The van der Waals surface area contributed by atoms with Crippen molar-refractivity contribution < 1.29 is 14.3 Å². The zero-order valence-corrected chi connectivity index (χ0v) is 16.3. The van der Waals surface area contributed by atoms with Crippen LogP contribution in [-0.4, -0.2) is 26.0 Å². The fourth-order valence-electron chi connectivity index (χ4n) is 2.79. The minimum Gasteiger partial charge on any atom is -0.497 e. The van der Waals surface area contributed by atoms with Crippen LogP contribution in [0, 0.1) is 0 Å². The molecule has 3 rings (SSSR count). The molecular weight excluding hydrogens is 340 g/mol. The molecule has 1 aliphatic rings. The van der Waals surface area contributed by atoms with Gasteiger partial charge < -0.3 is 14.8 Å². The summed E-state index contributed by atoms with van der Waals surface area (Å²) in [5.74, 6) is 1.52. The van der Waals surface area contributed by atoms with Crippen molar-refractivity contribution in [3.63, 3.8) is 0 Å². The van der Waals surface area contributed by atoms with Crippen molar-refractivity contribution in [3.05, 3.63) is 64.9 Å². The van der Waals surface area contributed by atoms with Gasteiger partial charge >= 0.3 is 0 Å². The van der Waals surface area contributed by atoms with E-state index in [-0.39, 0.29) is 11.3 Å². The number of benzene rings is 2. The fraction of sp³-hybridized carbons (Fsp3) is 0.273. The van der Waals surface area contributed by atoms with Gasteiger partial charge in [0.25, 0.3) is 5.91 Å². The predicted molar refractivity (Wildman–Crippen MR) is 107 cm³/mol. The van der Waals surface area contributed by atoms with E-state index in [1.165, 1.54) is 5.56 Å². The molecule has 5 heteroatoms.